The van der Waals surface area contributed by atoms with Crippen molar-refractivity contribution in [2.24, 2.45) is 0 Å². The van der Waals surface area contributed by atoms with Gasteiger partial charge in [0.2, 0.25) is 5.91 Å². The zero-order valence-corrected chi connectivity index (χ0v) is 20.6. The van der Waals surface area contributed by atoms with E-state index in [1.165, 1.54) is 25.7 Å². The molecule has 8 heteroatoms. The van der Waals surface area contributed by atoms with Crippen molar-refractivity contribution < 1.29 is 29.0 Å². The van der Waals surface area contributed by atoms with E-state index in [0.29, 0.717) is 13.0 Å². The number of rotatable bonds is 21. The largest absolute Gasteiger partial charge is 0.472 e. The Kier molecular flexibility index (Phi) is 21.6. The first-order chi connectivity index (χ1) is 15.5. The van der Waals surface area contributed by atoms with Crippen LogP contribution in [0.1, 0.15) is 71.1 Å². The molecule has 0 spiro atoms. The molecule has 32 heavy (non-hydrogen) atoms. The van der Waals surface area contributed by atoms with Crippen molar-refractivity contribution in [1.82, 2.24) is 5.32 Å². The highest BCUT2D eigenvalue weighted by molar-refractivity contribution is 7.47. The molecule has 0 saturated heterocycles. The fraction of sp³-hybridized carbons (Fsp3) is 0.625. The van der Waals surface area contributed by atoms with Crippen LogP contribution in [0.15, 0.2) is 48.6 Å². The molecule has 0 rings (SSSR count). The van der Waals surface area contributed by atoms with Crippen LogP contribution in [0.5, 0.6) is 0 Å². The molecule has 0 heterocycles. The predicted molar refractivity (Wildman–Crippen MR) is 131 cm³/mol. The smallest absolute Gasteiger partial charge is 0.356 e. The normalized spacial score (nSPS) is 14.2. The minimum Gasteiger partial charge on any atom is -0.356 e. The Bertz CT molecular complexity index is 618. The quantitative estimate of drug-likeness (QED) is 0.128. The number of phosphoric acid groups is 1. The molecule has 0 fully saturated rings. The summed E-state index contributed by atoms with van der Waals surface area (Å²) in [7, 11) is -4.04. The van der Waals surface area contributed by atoms with Gasteiger partial charge in [-0.1, -0.05) is 68.4 Å². The van der Waals surface area contributed by atoms with E-state index < -0.39 is 7.82 Å². The van der Waals surface area contributed by atoms with Crippen molar-refractivity contribution in [3.63, 3.8) is 0 Å². The zero-order chi connectivity index (χ0) is 23.8. The molecule has 1 unspecified atom stereocenters. The molecule has 0 bridgehead atoms. The first-order valence-electron chi connectivity index (χ1n) is 11.8. The molecule has 0 aromatic carbocycles. The van der Waals surface area contributed by atoms with Crippen LogP contribution in [-0.2, 0) is 18.4 Å². The number of allylic oxidation sites excluding steroid dienone is 8. The number of phosphoric ester groups is 1. The van der Waals surface area contributed by atoms with Crippen molar-refractivity contribution in [1.29, 1.82) is 0 Å². The van der Waals surface area contributed by atoms with Crippen LogP contribution in [0, 0.1) is 0 Å². The Hall–Kier alpha value is -1.50. The average molecular weight is 472 g/mol. The van der Waals surface area contributed by atoms with Crippen LogP contribution in [0.3, 0.4) is 0 Å². The molecule has 0 aliphatic rings. The van der Waals surface area contributed by atoms with Gasteiger partial charge in [0.15, 0.2) is 0 Å². The molecule has 1 amide bonds. The van der Waals surface area contributed by atoms with Gasteiger partial charge in [-0.05, 0) is 44.9 Å². The number of unbranched alkanes of at least 4 members (excludes halogenated alkanes) is 4. The highest BCUT2D eigenvalue weighted by Gasteiger charge is 2.20. The van der Waals surface area contributed by atoms with Gasteiger partial charge in [0.05, 0.1) is 13.2 Å². The van der Waals surface area contributed by atoms with E-state index >= 15 is 0 Å². The summed E-state index contributed by atoms with van der Waals surface area (Å²) in [5.74, 6) is -0.101. The van der Waals surface area contributed by atoms with Gasteiger partial charge in [0, 0.05) is 13.0 Å². The van der Waals surface area contributed by atoms with E-state index in [-0.39, 0.29) is 25.7 Å². The van der Waals surface area contributed by atoms with E-state index in [4.69, 9.17) is 4.52 Å². The topological polar surface area (TPSA) is 112 Å². The van der Waals surface area contributed by atoms with Crippen molar-refractivity contribution >= 4 is 13.7 Å². The van der Waals surface area contributed by atoms with E-state index in [9.17, 15) is 14.3 Å². The summed E-state index contributed by atoms with van der Waals surface area (Å²) < 4.78 is 20.8. The maximum Gasteiger partial charge on any atom is 0.472 e. The number of hydrogen-bond donors (Lipinski definition) is 3. The fourth-order valence-electron chi connectivity index (χ4n) is 2.60. The third-order valence-electron chi connectivity index (χ3n) is 4.31. The first kappa shape index (κ1) is 30.5. The maximum absolute atomic E-state index is 11.7. The van der Waals surface area contributed by atoms with E-state index in [2.05, 4.69) is 71.1 Å². The highest BCUT2D eigenvalue weighted by Crippen LogP contribution is 2.42. The molecule has 0 radical (unpaired) electrons. The Balaban J connectivity index is 3.58. The van der Waals surface area contributed by atoms with Crippen molar-refractivity contribution in [2.75, 3.05) is 26.3 Å². The van der Waals surface area contributed by atoms with Gasteiger partial charge in [-0.3, -0.25) is 13.8 Å². The number of nitrogens with one attached hydrogen (secondary N) is 1. The summed E-state index contributed by atoms with van der Waals surface area (Å²) in [5.41, 5.74) is 3.51. The van der Waals surface area contributed by atoms with Crippen LogP contribution < -0.4 is 11.1 Å². The molecular formula is C24H44N2O5P+. The number of amides is 1. The molecule has 0 aromatic heterocycles. The van der Waals surface area contributed by atoms with Crippen molar-refractivity contribution in [3.8, 4) is 0 Å². The van der Waals surface area contributed by atoms with Gasteiger partial charge in [-0.2, -0.15) is 0 Å². The van der Waals surface area contributed by atoms with Gasteiger partial charge in [0.1, 0.15) is 6.61 Å². The lowest BCUT2D eigenvalue weighted by atomic mass is 10.2. The van der Waals surface area contributed by atoms with Gasteiger partial charge in [-0.25, -0.2) is 4.57 Å². The van der Waals surface area contributed by atoms with E-state index in [1.54, 1.807) is 0 Å². The molecule has 7 nitrogen and oxygen atoms in total. The van der Waals surface area contributed by atoms with Crippen LogP contribution in [-0.4, -0.2) is 37.1 Å². The second-order valence-corrected chi connectivity index (χ2v) is 8.77. The SMILES string of the molecule is CCCCC/C=C\C/C=C\C/C=C\C/C=C\CCCC(=O)NCCOP(=O)(O)OCC[NH3+]. The fourth-order valence-corrected chi connectivity index (χ4v) is 3.35. The zero-order valence-electron chi connectivity index (χ0n) is 19.8. The lowest BCUT2D eigenvalue weighted by Gasteiger charge is -2.11. The minimum absolute atomic E-state index is 0.0532. The Morgan fingerprint density at radius 3 is 1.97 bits per heavy atom. The lowest BCUT2D eigenvalue weighted by Crippen LogP contribution is -2.52. The van der Waals surface area contributed by atoms with Crippen LogP contribution >= 0.6 is 7.82 Å². The Morgan fingerprint density at radius 2 is 1.41 bits per heavy atom. The van der Waals surface area contributed by atoms with Crippen LogP contribution in [0.4, 0.5) is 0 Å². The maximum atomic E-state index is 11.7. The molecule has 0 aliphatic carbocycles. The van der Waals surface area contributed by atoms with Crippen molar-refractivity contribution in [2.45, 2.75) is 71.1 Å². The molecule has 1 atom stereocenters. The van der Waals surface area contributed by atoms with Gasteiger partial charge < -0.3 is 15.9 Å². The third kappa shape index (κ3) is 23.2. The summed E-state index contributed by atoms with van der Waals surface area (Å²) in [5, 5.41) is 2.66. The first-order valence-corrected chi connectivity index (χ1v) is 13.3. The summed E-state index contributed by atoms with van der Waals surface area (Å²) in [4.78, 5) is 21.0. The van der Waals surface area contributed by atoms with Crippen molar-refractivity contribution in [3.05, 3.63) is 48.6 Å². The third-order valence-corrected chi connectivity index (χ3v) is 5.33. The molecule has 5 N–H and O–H groups in total. The van der Waals surface area contributed by atoms with Crippen LogP contribution in [0.2, 0.25) is 0 Å². The number of carbonyl (C=O) groups is 1. The second-order valence-electron chi connectivity index (χ2n) is 7.32. The molecule has 0 aromatic rings. The lowest BCUT2D eigenvalue weighted by molar-refractivity contribution is -0.371. The minimum atomic E-state index is -4.04. The van der Waals surface area contributed by atoms with Gasteiger partial charge >= 0.3 is 7.82 Å². The standard InChI is InChI=1S/C24H43N2O5P/c1-2-3-4-5-6-7-8-9-10-11-12-13-14-15-16-17-18-19-24(27)26-21-23-31-32(28,29)30-22-20-25/h6-7,9-10,12-13,15-16H,2-5,8,11,14,17-23,25H2,1H3,(H,26,27)(H,28,29)/p+1/b7-6-,10-9-,13-12-,16-15-. The van der Waals surface area contributed by atoms with Gasteiger partial charge in [-0.15, -0.1) is 0 Å². The predicted octanol–water partition coefficient (Wildman–Crippen LogP) is 4.62. The Labute approximate surface area is 194 Å². The van der Waals surface area contributed by atoms with Crippen LogP contribution in [0.25, 0.3) is 0 Å². The highest BCUT2D eigenvalue weighted by atomic mass is 31.2. The molecule has 0 saturated carbocycles. The number of hydrogen-bond acceptors (Lipinski definition) is 4. The average Bonchev–Trinajstić information content (AvgIpc) is 2.77. The van der Waals surface area contributed by atoms with Gasteiger partial charge in [0.25, 0.3) is 0 Å². The summed E-state index contributed by atoms with van der Waals surface area (Å²) in [6.45, 7) is 2.75. The molecule has 0 aliphatic heterocycles. The number of carbonyl (C=O) groups excluding carboxylic acids is 1. The number of quaternary nitrogens is 1. The summed E-state index contributed by atoms with van der Waals surface area (Å²) in [6.07, 6.45) is 27.3. The van der Waals surface area contributed by atoms with E-state index in [0.717, 1.165) is 32.1 Å². The van der Waals surface area contributed by atoms with E-state index in [1.807, 2.05) is 0 Å². The monoisotopic (exact) mass is 471 g/mol. The second kappa shape index (κ2) is 22.7. The summed E-state index contributed by atoms with van der Waals surface area (Å²) >= 11 is 0. The Morgan fingerprint density at radius 1 is 0.875 bits per heavy atom. The molecule has 184 valence electrons. The summed E-state index contributed by atoms with van der Waals surface area (Å²) in [6, 6.07) is 0. The molecular weight excluding hydrogens is 427 g/mol.